The second-order valence-corrected chi connectivity index (χ2v) is 4.74. The quantitative estimate of drug-likeness (QED) is 0.906. The number of nitrogens with zero attached hydrogens (tertiary/aromatic N) is 3. The first-order chi connectivity index (χ1) is 8.00. The van der Waals surface area contributed by atoms with Gasteiger partial charge in [-0.25, -0.2) is 0 Å². The average Bonchev–Trinajstić information content (AvgIpc) is 2.82. The van der Waals surface area contributed by atoms with E-state index >= 15 is 0 Å². The van der Waals surface area contributed by atoms with Crippen LogP contribution in [0, 0.1) is 5.92 Å². The molecular weight excluding hydrogens is 255 g/mol. The van der Waals surface area contributed by atoms with Crippen molar-refractivity contribution in [2.75, 3.05) is 24.6 Å². The topological polar surface area (TPSA) is 49.2 Å². The Hall–Kier alpha value is -0.890. The van der Waals surface area contributed by atoms with E-state index in [1.54, 1.807) is 4.90 Å². The van der Waals surface area contributed by atoms with E-state index in [0.29, 0.717) is 30.6 Å². The third-order valence-corrected chi connectivity index (χ3v) is 3.54. The highest BCUT2D eigenvalue weighted by Crippen LogP contribution is 2.32. The molecule has 96 valence electrons. The Balaban J connectivity index is 2.02. The van der Waals surface area contributed by atoms with Crippen molar-refractivity contribution in [3.63, 3.8) is 0 Å². The van der Waals surface area contributed by atoms with Crippen LogP contribution in [0.3, 0.4) is 0 Å². The SMILES string of the molecule is OCCC1CCN(c2nc(C(F)(F)F)ns2)C1. The number of hydrogen-bond acceptors (Lipinski definition) is 5. The fraction of sp³-hybridized carbons (Fsp3) is 0.778. The Morgan fingerprint density at radius 2 is 2.24 bits per heavy atom. The van der Waals surface area contributed by atoms with Gasteiger partial charge in [0.25, 0.3) is 0 Å². The summed E-state index contributed by atoms with van der Waals surface area (Å²) >= 11 is 0.776. The molecule has 4 nitrogen and oxygen atoms in total. The molecule has 1 aromatic rings. The van der Waals surface area contributed by atoms with Gasteiger partial charge in [-0.1, -0.05) is 0 Å². The summed E-state index contributed by atoms with van der Waals surface area (Å²) in [6.45, 7) is 1.44. The number of rotatable bonds is 3. The maximum atomic E-state index is 12.3. The number of anilines is 1. The molecule has 2 heterocycles. The minimum Gasteiger partial charge on any atom is -0.396 e. The van der Waals surface area contributed by atoms with Crippen molar-refractivity contribution in [1.29, 1.82) is 0 Å². The zero-order chi connectivity index (χ0) is 12.5. The Labute approximate surface area is 100 Å². The van der Waals surface area contributed by atoms with Crippen LogP contribution in [0.15, 0.2) is 0 Å². The summed E-state index contributed by atoms with van der Waals surface area (Å²) in [5.74, 6) is -0.735. The van der Waals surface area contributed by atoms with Gasteiger partial charge in [0.05, 0.1) is 0 Å². The maximum absolute atomic E-state index is 12.3. The van der Waals surface area contributed by atoms with E-state index in [1.807, 2.05) is 0 Å². The molecule has 1 unspecified atom stereocenters. The highest BCUT2D eigenvalue weighted by Gasteiger charge is 2.37. The van der Waals surface area contributed by atoms with Gasteiger partial charge in [0.2, 0.25) is 11.0 Å². The molecule has 1 N–H and O–H groups in total. The van der Waals surface area contributed by atoms with Crippen LogP contribution in [0.1, 0.15) is 18.7 Å². The van der Waals surface area contributed by atoms with Crippen molar-refractivity contribution in [3.05, 3.63) is 5.82 Å². The molecule has 0 spiro atoms. The fourth-order valence-corrected chi connectivity index (χ4v) is 2.60. The van der Waals surface area contributed by atoms with Crippen LogP contribution in [0.25, 0.3) is 0 Å². The fourth-order valence-electron chi connectivity index (χ4n) is 1.88. The van der Waals surface area contributed by atoms with E-state index in [2.05, 4.69) is 9.36 Å². The van der Waals surface area contributed by atoms with Gasteiger partial charge in [0, 0.05) is 31.2 Å². The molecule has 17 heavy (non-hydrogen) atoms. The Morgan fingerprint density at radius 1 is 1.47 bits per heavy atom. The number of aliphatic hydroxyl groups is 1. The summed E-state index contributed by atoms with van der Waals surface area (Å²) in [6.07, 6.45) is -2.91. The van der Waals surface area contributed by atoms with Crippen molar-refractivity contribution in [3.8, 4) is 0 Å². The lowest BCUT2D eigenvalue weighted by Crippen LogP contribution is -2.20. The van der Waals surface area contributed by atoms with E-state index in [4.69, 9.17) is 5.11 Å². The van der Waals surface area contributed by atoms with Gasteiger partial charge < -0.3 is 10.0 Å². The lowest BCUT2D eigenvalue weighted by Gasteiger charge is -2.13. The monoisotopic (exact) mass is 267 g/mol. The summed E-state index contributed by atoms with van der Waals surface area (Å²) in [5.41, 5.74) is 0. The summed E-state index contributed by atoms with van der Waals surface area (Å²) in [7, 11) is 0. The number of hydrogen-bond donors (Lipinski definition) is 1. The second kappa shape index (κ2) is 4.77. The van der Waals surface area contributed by atoms with E-state index in [1.165, 1.54) is 0 Å². The first kappa shape index (κ1) is 12.6. The third-order valence-electron chi connectivity index (χ3n) is 2.76. The third kappa shape index (κ3) is 2.86. The van der Waals surface area contributed by atoms with Crippen LogP contribution in [0.5, 0.6) is 0 Å². The van der Waals surface area contributed by atoms with Crippen LogP contribution < -0.4 is 4.90 Å². The Bertz CT molecular complexity index is 382. The summed E-state index contributed by atoms with van der Waals surface area (Å²) in [6, 6.07) is 0. The molecular formula is C9H12F3N3OS. The first-order valence-electron chi connectivity index (χ1n) is 5.27. The maximum Gasteiger partial charge on any atom is 0.452 e. The van der Waals surface area contributed by atoms with Gasteiger partial charge in [-0.15, -0.1) is 0 Å². The van der Waals surface area contributed by atoms with Crippen LogP contribution in [-0.4, -0.2) is 34.2 Å². The number of aliphatic hydroxyl groups excluding tert-OH is 1. The second-order valence-electron chi connectivity index (χ2n) is 4.01. The van der Waals surface area contributed by atoms with Crippen molar-refractivity contribution in [1.82, 2.24) is 9.36 Å². The molecule has 8 heteroatoms. The smallest absolute Gasteiger partial charge is 0.396 e. The van der Waals surface area contributed by atoms with Crippen LogP contribution in [-0.2, 0) is 6.18 Å². The molecule has 0 aromatic carbocycles. The highest BCUT2D eigenvalue weighted by atomic mass is 32.1. The molecule has 1 atom stereocenters. The Kier molecular flexibility index (Phi) is 3.53. The molecule has 0 radical (unpaired) electrons. The molecule has 0 aliphatic carbocycles. The molecule has 0 amide bonds. The molecule has 1 saturated heterocycles. The normalized spacial score (nSPS) is 21.2. The van der Waals surface area contributed by atoms with Crippen molar-refractivity contribution >= 4 is 16.7 Å². The number of alkyl halides is 3. The average molecular weight is 267 g/mol. The predicted molar refractivity (Wildman–Crippen MR) is 56.9 cm³/mol. The molecule has 1 aromatic heterocycles. The number of halogens is 3. The minimum atomic E-state index is -4.47. The predicted octanol–water partition coefficient (Wildman–Crippen LogP) is 1.77. The van der Waals surface area contributed by atoms with Crippen molar-refractivity contribution in [2.24, 2.45) is 5.92 Å². The lowest BCUT2D eigenvalue weighted by atomic mass is 10.1. The van der Waals surface area contributed by atoms with Crippen molar-refractivity contribution in [2.45, 2.75) is 19.0 Å². The van der Waals surface area contributed by atoms with Crippen molar-refractivity contribution < 1.29 is 18.3 Å². The van der Waals surface area contributed by atoms with Crippen LogP contribution >= 0.6 is 11.5 Å². The van der Waals surface area contributed by atoms with Gasteiger partial charge in [0.15, 0.2) is 0 Å². The summed E-state index contributed by atoms with van der Waals surface area (Å²) < 4.78 is 40.3. The number of aromatic nitrogens is 2. The van der Waals surface area contributed by atoms with E-state index in [9.17, 15) is 13.2 Å². The largest absolute Gasteiger partial charge is 0.452 e. The lowest BCUT2D eigenvalue weighted by molar-refractivity contribution is -0.144. The molecule has 1 aliphatic rings. The minimum absolute atomic E-state index is 0.114. The molecule has 0 bridgehead atoms. The van der Waals surface area contributed by atoms with Crippen LogP contribution in [0.4, 0.5) is 18.3 Å². The van der Waals surface area contributed by atoms with E-state index in [-0.39, 0.29) is 6.61 Å². The summed E-state index contributed by atoms with van der Waals surface area (Å²) in [4.78, 5) is 5.30. The molecule has 1 fully saturated rings. The zero-order valence-corrected chi connectivity index (χ0v) is 9.76. The Morgan fingerprint density at radius 3 is 2.82 bits per heavy atom. The van der Waals surface area contributed by atoms with Gasteiger partial charge in [-0.05, 0) is 18.8 Å². The highest BCUT2D eigenvalue weighted by molar-refractivity contribution is 7.09. The van der Waals surface area contributed by atoms with E-state index in [0.717, 1.165) is 18.0 Å². The van der Waals surface area contributed by atoms with Gasteiger partial charge in [-0.3, -0.25) is 0 Å². The zero-order valence-electron chi connectivity index (χ0n) is 8.94. The van der Waals surface area contributed by atoms with Gasteiger partial charge >= 0.3 is 6.18 Å². The van der Waals surface area contributed by atoms with E-state index < -0.39 is 12.0 Å². The van der Waals surface area contributed by atoms with Crippen LogP contribution in [0.2, 0.25) is 0 Å². The molecule has 0 saturated carbocycles. The molecule has 1 aliphatic heterocycles. The van der Waals surface area contributed by atoms with Gasteiger partial charge in [-0.2, -0.15) is 22.5 Å². The van der Waals surface area contributed by atoms with Gasteiger partial charge in [0.1, 0.15) is 0 Å². The first-order valence-corrected chi connectivity index (χ1v) is 6.04. The molecule has 2 rings (SSSR count). The summed E-state index contributed by atoms with van der Waals surface area (Å²) in [5, 5.41) is 9.12. The standard InChI is InChI=1S/C9H12F3N3OS/c10-9(11,12)7-13-8(17-14-7)15-3-1-6(5-15)2-4-16/h6,16H,1-5H2.